The van der Waals surface area contributed by atoms with Gasteiger partial charge < -0.3 is 15.3 Å². The zero-order valence-electron chi connectivity index (χ0n) is 17.7. The fraction of sp³-hybridized carbons (Fsp3) is 0.545. The number of pyridine rings is 1. The lowest BCUT2D eigenvalue weighted by Gasteiger charge is -2.42. The van der Waals surface area contributed by atoms with Crippen molar-refractivity contribution in [3.63, 3.8) is 0 Å². The molecule has 4 heterocycles. The lowest BCUT2D eigenvalue weighted by molar-refractivity contribution is 0.144. The van der Waals surface area contributed by atoms with Crippen LogP contribution < -0.4 is 10.2 Å². The number of hydrogen-bond acceptors (Lipinski definition) is 8. The molecule has 2 fully saturated rings. The van der Waals surface area contributed by atoms with Gasteiger partial charge in [0.1, 0.15) is 6.07 Å². The zero-order chi connectivity index (χ0) is 22.3. The Bertz CT molecular complexity index is 1090. The molecule has 10 heteroatoms. The minimum Gasteiger partial charge on any atom is -0.394 e. The van der Waals surface area contributed by atoms with Crippen LogP contribution in [-0.2, 0) is 17.2 Å². The number of anilines is 2. The van der Waals surface area contributed by atoms with Crippen LogP contribution in [0.1, 0.15) is 55.0 Å². The van der Waals surface area contributed by atoms with E-state index in [9.17, 15) is 14.6 Å². The third-order valence-electron chi connectivity index (χ3n) is 6.89. The summed E-state index contributed by atoms with van der Waals surface area (Å²) in [5.41, 5.74) is 2.31. The zero-order valence-corrected chi connectivity index (χ0v) is 19.3. The number of aliphatic hydroxyl groups is 1. The Morgan fingerprint density at radius 3 is 2.62 bits per heavy atom. The first-order valence-corrected chi connectivity index (χ1v) is 12.7. The van der Waals surface area contributed by atoms with Crippen LogP contribution in [0.3, 0.4) is 0 Å². The van der Waals surface area contributed by atoms with Gasteiger partial charge in [-0.3, -0.25) is 9.19 Å². The summed E-state index contributed by atoms with van der Waals surface area (Å²) in [6.45, 7) is 1.51. The number of nitriles is 1. The molecular weight excluding hydrogens is 448 g/mol. The summed E-state index contributed by atoms with van der Waals surface area (Å²) in [6, 6.07) is 2.36. The van der Waals surface area contributed by atoms with E-state index < -0.39 is 16.3 Å². The highest BCUT2D eigenvalue weighted by Gasteiger charge is 2.40. The molecule has 0 amide bonds. The molecule has 2 aromatic heterocycles. The molecule has 1 unspecified atom stereocenters. The maximum Gasteiger partial charge on any atom is 0.225 e. The third kappa shape index (κ3) is 3.74. The minimum absolute atomic E-state index is 0.00356. The van der Waals surface area contributed by atoms with Gasteiger partial charge in [-0.15, -0.1) is 0 Å². The Hall–Kier alpha value is -2.28. The van der Waals surface area contributed by atoms with Gasteiger partial charge in [-0.25, -0.2) is 9.97 Å². The first-order valence-electron chi connectivity index (χ1n) is 11.0. The number of aryl methyl sites for hydroxylation is 1. The molecule has 5 rings (SSSR count). The van der Waals surface area contributed by atoms with E-state index in [1.165, 1.54) is 0 Å². The highest BCUT2D eigenvalue weighted by atomic mass is 35.5. The second kappa shape index (κ2) is 8.58. The Kier molecular flexibility index (Phi) is 5.78. The Morgan fingerprint density at radius 2 is 2.03 bits per heavy atom. The number of nitrogens with zero attached hydrogens (tertiary/aromatic N) is 5. The number of piperidine rings is 1. The molecule has 2 aliphatic heterocycles. The molecular formula is C22H25ClN6O2S. The van der Waals surface area contributed by atoms with E-state index in [-0.39, 0.29) is 12.5 Å². The van der Waals surface area contributed by atoms with E-state index in [0.717, 1.165) is 56.6 Å². The van der Waals surface area contributed by atoms with Crippen LogP contribution in [0.25, 0.3) is 0 Å². The van der Waals surface area contributed by atoms with Crippen LogP contribution in [0.2, 0.25) is 5.02 Å². The number of halogens is 1. The molecule has 1 saturated heterocycles. The van der Waals surface area contributed by atoms with Crippen molar-refractivity contribution < 1.29 is 9.32 Å². The Balaban J connectivity index is 1.46. The molecule has 8 nitrogen and oxygen atoms in total. The van der Waals surface area contributed by atoms with E-state index in [1.54, 1.807) is 12.4 Å². The predicted molar refractivity (Wildman–Crippen MR) is 122 cm³/mol. The number of aliphatic hydroxyl groups excluding tert-OH is 1. The summed E-state index contributed by atoms with van der Waals surface area (Å²) in [7, 11) is -1.17. The highest BCUT2D eigenvalue weighted by molar-refractivity contribution is 7.85. The standard InChI is InChI=1S/C22H25ClN6O2S/c23-15-11-25-21(26-12-15)29-7-2-14(3-8-29)18-16(10-24)19(28-22(13-30)5-1-6-22)20-17(27-18)4-9-32(20)31/h11-12,14,30H,1-9,13H2,(H,27,28). The van der Waals surface area contributed by atoms with Crippen LogP contribution >= 0.6 is 11.6 Å². The molecule has 1 atom stereocenters. The van der Waals surface area contributed by atoms with Crippen molar-refractivity contribution in [1.29, 1.82) is 5.26 Å². The quantitative estimate of drug-likeness (QED) is 0.682. The molecule has 168 valence electrons. The van der Waals surface area contributed by atoms with Crippen molar-refractivity contribution in [2.75, 3.05) is 35.7 Å². The number of hydrogen-bond donors (Lipinski definition) is 2. The van der Waals surface area contributed by atoms with Crippen molar-refractivity contribution >= 4 is 34.0 Å². The van der Waals surface area contributed by atoms with Gasteiger partial charge in [0, 0.05) is 31.2 Å². The summed E-state index contributed by atoms with van der Waals surface area (Å²) in [5, 5.41) is 24.1. The molecule has 3 aliphatic rings. The number of nitrogens with one attached hydrogen (secondary N) is 1. The van der Waals surface area contributed by atoms with Crippen LogP contribution in [0, 0.1) is 11.3 Å². The van der Waals surface area contributed by atoms with Crippen molar-refractivity contribution in [3.8, 4) is 6.07 Å². The molecule has 0 aromatic carbocycles. The number of rotatable bonds is 5. The van der Waals surface area contributed by atoms with E-state index in [2.05, 4.69) is 26.3 Å². The number of aromatic nitrogens is 3. The largest absolute Gasteiger partial charge is 0.394 e. The van der Waals surface area contributed by atoms with Crippen molar-refractivity contribution in [3.05, 3.63) is 34.4 Å². The molecule has 2 N–H and O–H groups in total. The van der Waals surface area contributed by atoms with Crippen LogP contribution in [-0.4, -0.2) is 55.3 Å². The third-order valence-corrected chi connectivity index (χ3v) is 8.55. The highest BCUT2D eigenvalue weighted by Crippen LogP contribution is 2.43. The van der Waals surface area contributed by atoms with Gasteiger partial charge in [0.2, 0.25) is 5.95 Å². The first-order chi connectivity index (χ1) is 15.5. The molecule has 1 aliphatic carbocycles. The summed E-state index contributed by atoms with van der Waals surface area (Å²) in [5.74, 6) is 1.31. The van der Waals surface area contributed by atoms with Gasteiger partial charge in [0.15, 0.2) is 0 Å². The van der Waals surface area contributed by atoms with Gasteiger partial charge in [-0.05, 0) is 32.1 Å². The second-order valence-corrected chi connectivity index (χ2v) is 10.8. The average molecular weight is 473 g/mol. The van der Waals surface area contributed by atoms with Gasteiger partial charge in [0.05, 0.1) is 67.9 Å². The summed E-state index contributed by atoms with van der Waals surface area (Å²) in [4.78, 5) is 16.3. The van der Waals surface area contributed by atoms with Crippen LogP contribution in [0.5, 0.6) is 0 Å². The molecule has 2 aromatic rings. The van der Waals surface area contributed by atoms with E-state index >= 15 is 0 Å². The summed E-state index contributed by atoms with van der Waals surface area (Å²) in [6.07, 6.45) is 8.20. The van der Waals surface area contributed by atoms with Gasteiger partial charge in [0.25, 0.3) is 0 Å². The van der Waals surface area contributed by atoms with Crippen LogP contribution in [0.4, 0.5) is 11.6 Å². The normalized spacial score (nSPS) is 22.2. The second-order valence-electron chi connectivity index (χ2n) is 8.81. The molecule has 32 heavy (non-hydrogen) atoms. The SMILES string of the molecule is N#Cc1c(C2CCN(c3ncc(Cl)cn3)CC2)nc2c(c1NC1(CO)CCC1)S(=O)CC2. The molecule has 1 saturated carbocycles. The maximum absolute atomic E-state index is 12.8. The lowest BCUT2D eigenvalue weighted by atomic mass is 9.77. The molecule has 0 radical (unpaired) electrons. The number of fused-ring (bicyclic) bond motifs is 1. The van der Waals surface area contributed by atoms with E-state index in [4.69, 9.17) is 16.6 Å². The van der Waals surface area contributed by atoms with Crippen molar-refractivity contribution in [2.24, 2.45) is 0 Å². The predicted octanol–water partition coefficient (Wildman–Crippen LogP) is 2.77. The van der Waals surface area contributed by atoms with Gasteiger partial charge in [-0.1, -0.05) is 11.6 Å². The minimum atomic E-state index is -1.17. The van der Waals surface area contributed by atoms with Gasteiger partial charge >= 0.3 is 0 Å². The van der Waals surface area contributed by atoms with Crippen molar-refractivity contribution in [1.82, 2.24) is 15.0 Å². The summed E-state index contributed by atoms with van der Waals surface area (Å²) < 4.78 is 12.8. The first kappa shape index (κ1) is 21.6. The van der Waals surface area contributed by atoms with E-state index in [1.807, 2.05) is 0 Å². The lowest BCUT2D eigenvalue weighted by Crippen LogP contribution is -2.48. The van der Waals surface area contributed by atoms with Crippen molar-refractivity contribution in [2.45, 2.75) is 54.9 Å². The smallest absolute Gasteiger partial charge is 0.225 e. The summed E-state index contributed by atoms with van der Waals surface area (Å²) >= 11 is 5.90. The fourth-order valence-corrected chi connectivity index (χ4v) is 6.36. The molecule has 0 bridgehead atoms. The van der Waals surface area contributed by atoms with Crippen LogP contribution in [0.15, 0.2) is 17.3 Å². The molecule has 0 spiro atoms. The Labute approximate surface area is 194 Å². The fourth-order valence-electron chi connectivity index (χ4n) is 4.88. The Morgan fingerprint density at radius 1 is 1.31 bits per heavy atom. The average Bonchev–Trinajstić information content (AvgIpc) is 3.17. The van der Waals surface area contributed by atoms with Gasteiger partial charge in [-0.2, -0.15) is 5.26 Å². The maximum atomic E-state index is 12.8. The van der Waals surface area contributed by atoms with E-state index in [0.29, 0.717) is 39.3 Å². The monoisotopic (exact) mass is 472 g/mol. The topological polar surface area (TPSA) is 115 Å².